The van der Waals surface area contributed by atoms with E-state index >= 15 is 0 Å². The number of hydrogen-bond donors (Lipinski definition) is 1. The highest BCUT2D eigenvalue weighted by Gasteiger charge is 2.28. The average molecular weight is 385 g/mol. The highest BCUT2D eigenvalue weighted by molar-refractivity contribution is 7.14. The third-order valence-corrected chi connectivity index (χ3v) is 5.62. The fourth-order valence-electron chi connectivity index (χ4n) is 3.38. The second-order valence-corrected chi connectivity index (χ2v) is 7.47. The lowest BCUT2D eigenvalue weighted by molar-refractivity contribution is 0.102. The molecule has 0 bridgehead atoms. The molecule has 6 nitrogen and oxygen atoms in total. The molecule has 1 aliphatic rings. The van der Waals surface area contributed by atoms with Gasteiger partial charge in [-0.2, -0.15) is 5.10 Å². The minimum absolute atomic E-state index is 0.243. The van der Waals surface area contributed by atoms with Crippen LogP contribution >= 0.6 is 11.3 Å². The number of likely N-dealkylation sites (tertiary alicyclic amines) is 1. The van der Waals surface area contributed by atoms with Crippen molar-refractivity contribution in [3.8, 4) is 0 Å². The first-order chi connectivity index (χ1) is 13.1. The van der Waals surface area contributed by atoms with Gasteiger partial charge in [-0.15, -0.1) is 11.3 Å². The summed E-state index contributed by atoms with van der Waals surface area (Å²) in [5.41, 5.74) is 2.56. The number of aromatic nitrogens is 3. The van der Waals surface area contributed by atoms with E-state index < -0.39 is 0 Å². The first-order valence-corrected chi connectivity index (χ1v) is 9.71. The highest BCUT2D eigenvalue weighted by atomic mass is 32.1. The topological polar surface area (TPSA) is 63.1 Å². The van der Waals surface area contributed by atoms with Crippen LogP contribution in [-0.2, 0) is 13.6 Å². The van der Waals surface area contributed by atoms with E-state index in [4.69, 9.17) is 0 Å². The number of hydrogen-bond acceptors (Lipinski definition) is 5. The Labute approximate surface area is 160 Å². The second-order valence-electron chi connectivity index (χ2n) is 6.61. The van der Waals surface area contributed by atoms with E-state index in [9.17, 15) is 9.18 Å². The van der Waals surface area contributed by atoms with Gasteiger partial charge in [0.05, 0.1) is 17.4 Å². The Bertz CT molecular complexity index is 936. The van der Waals surface area contributed by atoms with Gasteiger partial charge in [-0.05, 0) is 49.7 Å². The van der Waals surface area contributed by atoms with E-state index in [1.807, 2.05) is 29.4 Å². The summed E-state index contributed by atoms with van der Waals surface area (Å²) in [6.45, 7) is 1.85. The fourth-order valence-corrected chi connectivity index (χ4v) is 4.13. The number of carbonyl (C=O) groups excluding carboxylic acids is 1. The van der Waals surface area contributed by atoms with Gasteiger partial charge in [0.1, 0.15) is 5.82 Å². The largest absolute Gasteiger partial charge is 0.298 e. The summed E-state index contributed by atoms with van der Waals surface area (Å²) in [5.74, 6) is -0.646. The van der Waals surface area contributed by atoms with Gasteiger partial charge < -0.3 is 0 Å². The van der Waals surface area contributed by atoms with Crippen LogP contribution in [0.5, 0.6) is 0 Å². The minimum Gasteiger partial charge on any atom is -0.298 e. The Kier molecular flexibility index (Phi) is 5.00. The summed E-state index contributed by atoms with van der Waals surface area (Å²) in [7, 11) is 1.95. The van der Waals surface area contributed by atoms with E-state index in [-0.39, 0.29) is 17.8 Å². The van der Waals surface area contributed by atoms with E-state index in [1.165, 1.54) is 41.3 Å². The number of benzene rings is 1. The van der Waals surface area contributed by atoms with Gasteiger partial charge in [0.15, 0.2) is 5.13 Å². The molecule has 1 atom stereocenters. The molecule has 3 heterocycles. The van der Waals surface area contributed by atoms with Gasteiger partial charge in [-0.1, -0.05) is 0 Å². The Morgan fingerprint density at radius 1 is 1.33 bits per heavy atom. The SMILES string of the molecule is Cn1nccc1CN1CCC[C@@H]1c1csc(NC(=O)c2ccc(F)cc2)n1. The zero-order chi connectivity index (χ0) is 18.8. The molecule has 2 aromatic heterocycles. The third kappa shape index (κ3) is 3.91. The number of aryl methyl sites for hydroxylation is 1. The number of carbonyl (C=O) groups is 1. The van der Waals surface area contributed by atoms with Crippen LogP contribution in [0.4, 0.5) is 9.52 Å². The van der Waals surface area contributed by atoms with Crippen LogP contribution in [0.1, 0.15) is 40.6 Å². The summed E-state index contributed by atoms with van der Waals surface area (Å²) >= 11 is 1.41. The van der Waals surface area contributed by atoms with Gasteiger partial charge in [0.25, 0.3) is 5.91 Å². The summed E-state index contributed by atoms with van der Waals surface area (Å²) in [4.78, 5) is 19.3. The molecule has 140 valence electrons. The van der Waals surface area contributed by atoms with Crippen molar-refractivity contribution in [3.63, 3.8) is 0 Å². The zero-order valence-corrected chi connectivity index (χ0v) is 15.7. The van der Waals surface area contributed by atoms with Crippen molar-refractivity contribution in [1.82, 2.24) is 19.7 Å². The number of nitrogens with one attached hydrogen (secondary N) is 1. The molecule has 0 radical (unpaired) electrons. The van der Waals surface area contributed by atoms with Gasteiger partial charge >= 0.3 is 0 Å². The maximum absolute atomic E-state index is 13.0. The molecule has 4 rings (SSSR count). The maximum atomic E-state index is 13.0. The quantitative estimate of drug-likeness (QED) is 0.729. The smallest absolute Gasteiger partial charge is 0.257 e. The van der Waals surface area contributed by atoms with Crippen LogP contribution < -0.4 is 5.32 Å². The van der Waals surface area contributed by atoms with E-state index in [0.29, 0.717) is 10.7 Å². The molecule has 0 spiro atoms. The van der Waals surface area contributed by atoms with Crippen molar-refractivity contribution < 1.29 is 9.18 Å². The first kappa shape index (κ1) is 17.8. The lowest BCUT2D eigenvalue weighted by atomic mass is 10.1. The van der Waals surface area contributed by atoms with Gasteiger partial charge in [0, 0.05) is 30.7 Å². The molecule has 0 unspecified atom stereocenters. The van der Waals surface area contributed by atoms with Gasteiger partial charge in [-0.3, -0.25) is 19.7 Å². The third-order valence-electron chi connectivity index (χ3n) is 4.84. The lowest BCUT2D eigenvalue weighted by Crippen LogP contribution is -2.24. The second kappa shape index (κ2) is 7.58. The standard InChI is InChI=1S/C19H20FN5OS/c1-24-15(8-9-21-24)11-25-10-2-3-17(25)16-12-27-19(22-16)23-18(26)13-4-6-14(20)7-5-13/h4-9,12,17H,2-3,10-11H2,1H3,(H,22,23,26)/t17-/m1/s1. The molecule has 1 fully saturated rings. The summed E-state index contributed by atoms with van der Waals surface area (Å²) < 4.78 is 14.9. The van der Waals surface area contributed by atoms with Crippen LogP contribution in [0.3, 0.4) is 0 Å². The van der Waals surface area contributed by atoms with Gasteiger partial charge in [0.2, 0.25) is 0 Å². The van der Waals surface area contributed by atoms with Crippen molar-refractivity contribution in [3.05, 3.63) is 64.7 Å². The summed E-state index contributed by atoms with van der Waals surface area (Å²) in [6, 6.07) is 7.75. The molecular weight excluding hydrogens is 365 g/mol. The molecule has 27 heavy (non-hydrogen) atoms. The van der Waals surface area contributed by atoms with Crippen LogP contribution in [0.15, 0.2) is 41.9 Å². The molecule has 1 amide bonds. The predicted octanol–water partition coefficient (Wildman–Crippen LogP) is 3.61. The van der Waals surface area contributed by atoms with Crippen LogP contribution in [0.25, 0.3) is 0 Å². The number of halogens is 1. The first-order valence-electron chi connectivity index (χ1n) is 8.83. The van der Waals surface area contributed by atoms with Crippen molar-refractivity contribution >= 4 is 22.4 Å². The Balaban J connectivity index is 1.44. The number of rotatable bonds is 5. The van der Waals surface area contributed by atoms with Crippen molar-refractivity contribution in [2.45, 2.75) is 25.4 Å². The monoisotopic (exact) mass is 385 g/mol. The van der Waals surface area contributed by atoms with Gasteiger partial charge in [-0.25, -0.2) is 9.37 Å². The van der Waals surface area contributed by atoms with E-state index in [2.05, 4.69) is 20.3 Å². The summed E-state index contributed by atoms with van der Waals surface area (Å²) in [5, 5.41) is 9.61. The number of amides is 1. The van der Waals surface area contributed by atoms with E-state index in [1.54, 1.807) is 0 Å². The Morgan fingerprint density at radius 2 is 2.15 bits per heavy atom. The molecule has 1 aliphatic heterocycles. The van der Waals surface area contributed by atoms with Crippen molar-refractivity contribution in [1.29, 1.82) is 0 Å². The number of nitrogens with zero attached hydrogens (tertiary/aromatic N) is 4. The van der Waals surface area contributed by atoms with E-state index in [0.717, 1.165) is 31.6 Å². The molecule has 0 saturated carbocycles. The predicted molar refractivity (Wildman–Crippen MR) is 102 cm³/mol. The normalized spacial score (nSPS) is 17.3. The fraction of sp³-hybridized carbons (Fsp3) is 0.316. The molecule has 3 aromatic rings. The number of anilines is 1. The highest BCUT2D eigenvalue weighted by Crippen LogP contribution is 2.34. The molecule has 1 N–H and O–H groups in total. The molecule has 1 saturated heterocycles. The Morgan fingerprint density at radius 3 is 2.89 bits per heavy atom. The summed E-state index contributed by atoms with van der Waals surface area (Å²) in [6.07, 6.45) is 3.98. The molecule has 0 aliphatic carbocycles. The van der Waals surface area contributed by atoms with Crippen molar-refractivity contribution in [2.75, 3.05) is 11.9 Å². The Hall–Kier alpha value is -2.58. The van der Waals surface area contributed by atoms with Crippen LogP contribution in [-0.4, -0.2) is 32.1 Å². The zero-order valence-electron chi connectivity index (χ0n) is 14.9. The molecule has 8 heteroatoms. The minimum atomic E-state index is -0.363. The molecular formula is C19H20FN5OS. The van der Waals surface area contributed by atoms with Crippen LogP contribution in [0.2, 0.25) is 0 Å². The average Bonchev–Trinajstić information content (AvgIpc) is 3.38. The number of thiazole rings is 1. The van der Waals surface area contributed by atoms with Crippen molar-refractivity contribution in [2.24, 2.45) is 7.05 Å². The van der Waals surface area contributed by atoms with Crippen LogP contribution in [0, 0.1) is 5.82 Å². The lowest BCUT2D eigenvalue weighted by Gasteiger charge is -2.22. The maximum Gasteiger partial charge on any atom is 0.257 e. The molecule has 1 aromatic carbocycles.